The number of aromatic nitrogens is 2. The van der Waals surface area contributed by atoms with Gasteiger partial charge in [0.25, 0.3) is 0 Å². The maximum atomic E-state index is 12.2. The smallest absolute Gasteiger partial charge is 0.229 e. The summed E-state index contributed by atoms with van der Waals surface area (Å²) in [4.78, 5) is 16.4. The van der Waals surface area contributed by atoms with Crippen molar-refractivity contribution in [2.45, 2.75) is 58.8 Å². The standard InChI is InChI=1S/C27H37N7OS/c1-5-30-20(3)17-21(4)31-27-34-33-26(36-27)12-7-6-11-23(28)15-16-24(29)32-25(35)18-22-10-8-9-19(2)13-14-22/h5,8-10,13,15-16H,3-4,6-7,11-12,14,17-18,28-29H2,1-2H3,(H,31,34)(H,32,35)/b23-15-,24-16+,30-5-. The Bertz CT molecular complexity index is 1120. The molecule has 6 N–H and O–H groups in total. The van der Waals surface area contributed by atoms with E-state index in [1.807, 2.05) is 32.1 Å². The highest BCUT2D eigenvalue weighted by Gasteiger charge is 2.08. The van der Waals surface area contributed by atoms with Crippen LogP contribution >= 0.6 is 11.3 Å². The van der Waals surface area contributed by atoms with E-state index in [9.17, 15) is 4.79 Å². The van der Waals surface area contributed by atoms with Crippen molar-refractivity contribution in [1.82, 2.24) is 15.5 Å². The number of rotatable bonds is 14. The highest BCUT2D eigenvalue weighted by Crippen LogP contribution is 2.21. The maximum absolute atomic E-state index is 12.2. The second-order valence-electron chi connectivity index (χ2n) is 8.49. The Hall–Kier alpha value is -3.72. The van der Waals surface area contributed by atoms with E-state index in [-0.39, 0.29) is 11.7 Å². The molecule has 0 saturated heterocycles. The normalized spacial score (nSPS) is 14.3. The van der Waals surface area contributed by atoms with Gasteiger partial charge in [-0.1, -0.05) is 59.9 Å². The molecular weight excluding hydrogens is 470 g/mol. The van der Waals surface area contributed by atoms with Crippen LogP contribution in [0.3, 0.4) is 0 Å². The number of aryl methyl sites for hydroxylation is 1. The third-order valence-corrected chi connectivity index (χ3v) is 6.01. The molecule has 1 heterocycles. The Labute approximate surface area is 218 Å². The number of aliphatic imine (C=N–C) groups is 1. The zero-order valence-electron chi connectivity index (χ0n) is 21.2. The van der Waals surface area contributed by atoms with Crippen LogP contribution in [0.15, 0.2) is 88.7 Å². The van der Waals surface area contributed by atoms with Gasteiger partial charge in [-0.3, -0.25) is 9.79 Å². The minimum absolute atomic E-state index is 0.141. The first kappa shape index (κ1) is 28.5. The average Bonchev–Trinajstić information content (AvgIpc) is 3.15. The minimum atomic E-state index is -0.141. The highest BCUT2D eigenvalue weighted by atomic mass is 32.1. The number of anilines is 1. The molecule has 1 aromatic heterocycles. The summed E-state index contributed by atoms with van der Waals surface area (Å²) in [6.45, 7) is 11.7. The number of hydrogen-bond acceptors (Lipinski definition) is 8. The number of carbonyl (C=O) groups is 1. The number of nitrogens with one attached hydrogen (secondary N) is 2. The van der Waals surface area contributed by atoms with Crippen LogP contribution in [0, 0.1) is 0 Å². The van der Waals surface area contributed by atoms with Crippen molar-refractivity contribution in [3.05, 3.63) is 88.7 Å². The molecule has 9 heteroatoms. The van der Waals surface area contributed by atoms with Gasteiger partial charge in [-0.05, 0) is 51.7 Å². The van der Waals surface area contributed by atoms with E-state index in [0.717, 1.165) is 54.1 Å². The van der Waals surface area contributed by atoms with Crippen molar-refractivity contribution in [1.29, 1.82) is 0 Å². The Balaban J connectivity index is 1.68. The van der Waals surface area contributed by atoms with Gasteiger partial charge in [0.05, 0.1) is 0 Å². The summed E-state index contributed by atoms with van der Waals surface area (Å²) in [7, 11) is 0. The highest BCUT2D eigenvalue weighted by molar-refractivity contribution is 7.15. The number of amides is 1. The van der Waals surface area contributed by atoms with E-state index in [4.69, 9.17) is 11.5 Å². The SMILES string of the molecule is C=C(CC(=C)Nc1nnc(CCCC/C(N)=C/C=C(\N)NC(=O)CC2=CC=CC(C)=CC2)s1)/N=C\C. The number of nitrogens with two attached hydrogens (primary N) is 2. The van der Waals surface area contributed by atoms with Gasteiger partial charge in [-0.15, -0.1) is 10.2 Å². The molecule has 0 fully saturated rings. The summed E-state index contributed by atoms with van der Waals surface area (Å²) in [5.74, 6) is 0.136. The fourth-order valence-corrected chi connectivity index (χ4v) is 4.14. The second kappa shape index (κ2) is 15.3. The zero-order chi connectivity index (χ0) is 26.3. The molecule has 0 saturated carbocycles. The molecule has 0 unspecified atom stereocenters. The van der Waals surface area contributed by atoms with Gasteiger partial charge in [0.15, 0.2) is 0 Å². The lowest BCUT2D eigenvalue weighted by molar-refractivity contribution is -0.119. The first-order chi connectivity index (χ1) is 17.2. The summed E-state index contributed by atoms with van der Waals surface area (Å²) in [6, 6.07) is 0. The first-order valence-electron chi connectivity index (χ1n) is 11.9. The largest absolute Gasteiger partial charge is 0.402 e. The van der Waals surface area contributed by atoms with Crippen LogP contribution < -0.4 is 22.1 Å². The molecule has 1 aliphatic carbocycles. The number of allylic oxidation sites excluding steroid dienone is 8. The predicted octanol–water partition coefficient (Wildman–Crippen LogP) is 5.15. The monoisotopic (exact) mass is 507 g/mol. The fraction of sp³-hybridized carbons (Fsp3) is 0.333. The fourth-order valence-electron chi connectivity index (χ4n) is 3.31. The van der Waals surface area contributed by atoms with Crippen LogP contribution in [0.4, 0.5) is 5.13 Å². The zero-order valence-corrected chi connectivity index (χ0v) is 22.0. The van der Waals surface area contributed by atoms with E-state index in [1.165, 1.54) is 16.9 Å². The molecule has 0 bridgehead atoms. The number of hydrogen-bond donors (Lipinski definition) is 4. The third kappa shape index (κ3) is 11.6. The molecule has 0 aliphatic heterocycles. The van der Waals surface area contributed by atoms with E-state index in [1.54, 1.807) is 18.4 Å². The minimum Gasteiger partial charge on any atom is -0.402 e. The van der Waals surface area contributed by atoms with Gasteiger partial charge in [-0.25, -0.2) is 0 Å². The first-order valence-corrected chi connectivity index (χ1v) is 12.7. The molecule has 0 atom stereocenters. The summed E-state index contributed by atoms with van der Waals surface area (Å²) < 4.78 is 0. The quantitative estimate of drug-likeness (QED) is 0.156. The number of nitrogens with zero attached hydrogens (tertiary/aromatic N) is 3. The van der Waals surface area contributed by atoms with Crippen LogP contribution in [-0.4, -0.2) is 22.3 Å². The molecule has 0 aromatic carbocycles. The molecule has 2 rings (SSSR count). The molecule has 1 aliphatic rings. The molecular formula is C27H37N7OS. The van der Waals surface area contributed by atoms with Crippen molar-refractivity contribution in [3.63, 3.8) is 0 Å². The van der Waals surface area contributed by atoms with Crippen LogP contribution in [-0.2, 0) is 11.2 Å². The second-order valence-corrected chi connectivity index (χ2v) is 9.55. The maximum Gasteiger partial charge on any atom is 0.229 e. The topological polar surface area (TPSA) is 131 Å². The predicted molar refractivity (Wildman–Crippen MR) is 151 cm³/mol. The van der Waals surface area contributed by atoms with Crippen molar-refractivity contribution in [2.24, 2.45) is 16.5 Å². The van der Waals surface area contributed by atoms with E-state index in [0.29, 0.717) is 23.7 Å². The Morgan fingerprint density at radius 2 is 2.06 bits per heavy atom. The average molecular weight is 508 g/mol. The lowest BCUT2D eigenvalue weighted by Gasteiger charge is -2.06. The van der Waals surface area contributed by atoms with E-state index >= 15 is 0 Å². The van der Waals surface area contributed by atoms with Gasteiger partial charge < -0.3 is 22.1 Å². The van der Waals surface area contributed by atoms with Crippen LogP contribution in [0.25, 0.3) is 0 Å². The van der Waals surface area contributed by atoms with Crippen molar-refractivity contribution in [2.75, 3.05) is 5.32 Å². The Morgan fingerprint density at radius 3 is 2.83 bits per heavy atom. The Morgan fingerprint density at radius 1 is 1.25 bits per heavy atom. The van der Waals surface area contributed by atoms with Gasteiger partial charge in [0.1, 0.15) is 10.8 Å². The van der Waals surface area contributed by atoms with Crippen LogP contribution in [0.5, 0.6) is 0 Å². The van der Waals surface area contributed by atoms with Gasteiger partial charge >= 0.3 is 0 Å². The molecule has 1 aromatic rings. The molecule has 0 spiro atoms. The van der Waals surface area contributed by atoms with E-state index < -0.39 is 0 Å². The van der Waals surface area contributed by atoms with Crippen molar-refractivity contribution < 1.29 is 4.79 Å². The summed E-state index contributed by atoms with van der Waals surface area (Å²) >= 11 is 1.51. The molecule has 192 valence electrons. The van der Waals surface area contributed by atoms with Crippen molar-refractivity contribution >= 4 is 28.6 Å². The van der Waals surface area contributed by atoms with Crippen LogP contribution in [0.2, 0.25) is 0 Å². The molecule has 8 nitrogen and oxygen atoms in total. The Kier molecular flexibility index (Phi) is 12.1. The molecule has 0 radical (unpaired) electrons. The lowest BCUT2D eigenvalue weighted by atomic mass is 10.1. The van der Waals surface area contributed by atoms with Crippen LogP contribution in [0.1, 0.15) is 57.4 Å². The van der Waals surface area contributed by atoms with Gasteiger partial charge in [-0.2, -0.15) is 0 Å². The van der Waals surface area contributed by atoms with Gasteiger partial charge in [0.2, 0.25) is 11.0 Å². The molecule has 36 heavy (non-hydrogen) atoms. The summed E-state index contributed by atoms with van der Waals surface area (Å²) in [5.41, 5.74) is 16.5. The molecule has 1 amide bonds. The summed E-state index contributed by atoms with van der Waals surface area (Å²) in [6.07, 6.45) is 18.1. The van der Waals surface area contributed by atoms with Gasteiger partial charge in [0, 0.05) is 42.6 Å². The van der Waals surface area contributed by atoms with E-state index in [2.05, 4.69) is 45.1 Å². The van der Waals surface area contributed by atoms with Crippen molar-refractivity contribution in [3.8, 4) is 0 Å². The summed E-state index contributed by atoms with van der Waals surface area (Å²) in [5, 5.41) is 15.9. The lowest BCUT2D eigenvalue weighted by Crippen LogP contribution is -2.27. The number of unbranched alkanes of at least 4 members (excludes halogenated alkanes) is 1. The number of carbonyl (C=O) groups excluding carboxylic acids is 1. The third-order valence-electron chi connectivity index (χ3n) is 5.11.